The monoisotopic (exact) mass is 256 g/mol. The number of carbonyl (C=O) groups excluding carboxylic acids is 3. The average molecular weight is 256 g/mol. The molecule has 0 aromatic heterocycles. The van der Waals surface area contributed by atoms with E-state index in [4.69, 9.17) is 0 Å². The van der Waals surface area contributed by atoms with Crippen molar-refractivity contribution in [2.24, 2.45) is 11.8 Å². The molecule has 0 aromatic rings. The lowest BCUT2D eigenvalue weighted by atomic mass is 10.3. The minimum absolute atomic E-state index is 0.0105. The molecule has 3 atom stereocenters. The quantitative estimate of drug-likeness (QED) is 0.646. The summed E-state index contributed by atoms with van der Waals surface area (Å²) in [5.74, 6) is -0.187. The van der Waals surface area contributed by atoms with Crippen molar-refractivity contribution in [3.63, 3.8) is 0 Å². The first kappa shape index (κ1) is 14.5. The lowest BCUT2D eigenvalue weighted by molar-refractivity contribution is -0.144. The summed E-state index contributed by atoms with van der Waals surface area (Å²) in [5.41, 5.74) is 0. The van der Waals surface area contributed by atoms with Gasteiger partial charge in [-0.3, -0.25) is 9.59 Å². The number of hydrogen-bond donors (Lipinski definition) is 2. The van der Waals surface area contributed by atoms with Crippen molar-refractivity contribution in [1.82, 2.24) is 10.6 Å². The maximum atomic E-state index is 11.5. The van der Waals surface area contributed by atoms with Crippen LogP contribution < -0.4 is 10.6 Å². The number of esters is 1. The molecule has 6 heteroatoms. The van der Waals surface area contributed by atoms with Crippen LogP contribution in [0.2, 0.25) is 0 Å². The van der Waals surface area contributed by atoms with Crippen LogP contribution in [0.25, 0.3) is 0 Å². The summed E-state index contributed by atoms with van der Waals surface area (Å²) >= 11 is 0. The maximum absolute atomic E-state index is 11.5. The van der Waals surface area contributed by atoms with Crippen LogP contribution in [0.3, 0.4) is 0 Å². The summed E-state index contributed by atoms with van der Waals surface area (Å²) in [5, 5.41) is 5.20. The van der Waals surface area contributed by atoms with Gasteiger partial charge in [0, 0.05) is 18.9 Å². The molecule has 1 aliphatic rings. The first-order valence-corrected chi connectivity index (χ1v) is 6.10. The number of carbonyl (C=O) groups is 3. The summed E-state index contributed by atoms with van der Waals surface area (Å²) in [6.45, 7) is 3.87. The number of nitrogens with one attached hydrogen (secondary N) is 2. The van der Waals surface area contributed by atoms with Crippen molar-refractivity contribution < 1.29 is 19.1 Å². The Balaban J connectivity index is 2.13. The van der Waals surface area contributed by atoms with Gasteiger partial charge in [0.15, 0.2) is 0 Å². The van der Waals surface area contributed by atoms with Crippen LogP contribution in [-0.2, 0) is 19.1 Å². The number of hydrogen-bond acceptors (Lipinski definition) is 4. The van der Waals surface area contributed by atoms with E-state index >= 15 is 0 Å². The van der Waals surface area contributed by atoms with Crippen LogP contribution >= 0.6 is 0 Å². The molecular weight excluding hydrogens is 236 g/mol. The molecule has 2 N–H and O–H groups in total. The second-order valence-corrected chi connectivity index (χ2v) is 4.67. The standard InChI is InChI=1S/C12H20N2O4/c1-7-6-9(7)11(16)13-5-4-10(15)14-8(2)12(17)18-3/h7-9H,4-6H2,1-3H3,(H,13,16)(H,14,15)/t7?,8-,9?/m0/s1. The van der Waals surface area contributed by atoms with E-state index in [1.165, 1.54) is 7.11 Å². The molecule has 1 saturated carbocycles. The van der Waals surface area contributed by atoms with Crippen LogP contribution in [0.5, 0.6) is 0 Å². The third-order valence-electron chi connectivity index (χ3n) is 3.03. The number of ether oxygens (including phenoxy) is 1. The predicted molar refractivity (Wildman–Crippen MR) is 64.5 cm³/mol. The highest BCUT2D eigenvalue weighted by Crippen LogP contribution is 2.37. The molecule has 1 rings (SSSR count). The summed E-state index contributed by atoms with van der Waals surface area (Å²) in [4.78, 5) is 33.9. The molecule has 0 saturated heterocycles. The summed E-state index contributed by atoms with van der Waals surface area (Å²) in [6.07, 6.45) is 1.09. The van der Waals surface area contributed by atoms with Gasteiger partial charge in [0.05, 0.1) is 7.11 Å². The number of amides is 2. The number of methoxy groups -OCH3 is 1. The summed E-state index contributed by atoms with van der Waals surface area (Å²) in [6, 6.07) is -0.665. The second-order valence-electron chi connectivity index (χ2n) is 4.67. The lowest BCUT2D eigenvalue weighted by Crippen LogP contribution is -2.40. The van der Waals surface area contributed by atoms with Crippen molar-refractivity contribution in [1.29, 1.82) is 0 Å². The van der Waals surface area contributed by atoms with Crippen LogP contribution in [0.1, 0.15) is 26.7 Å². The van der Waals surface area contributed by atoms with Crippen LogP contribution in [-0.4, -0.2) is 37.5 Å². The van der Waals surface area contributed by atoms with Crippen LogP contribution in [0.15, 0.2) is 0 Å². The Bertz CT molecular complexity index is 343. The van der Waals surface area contributed by atoms with Crippen molar-refractivity contribution >= 4 is 17.8 Å². The van der Waals surface area contributed by atoms with E-state index in [0.29, 0.717) is 12.5 Å². The van der Waals surface area contributed by atoms with Crippen molar-refractivity contribution in [2.75, 3.05) is 13.7 Å². The Morgan fingerprint density at radius 2 is 2.00 bits per heavy atom. The van der Waals surface area contributed by atoms with E-state index in [9.17, 15) is 14.4 Å². The molecular formula is C12H20N2O4. The first-order valence-electron chi connectivity index (χ1n) is 6.10. The Hall–Kier alpha value is -1.59. The molecule has 1 aliphatic carbocycles. The van der Waals surface area contributed by atoms with Crippen LogP contribution in [0, 0.1) is 11.8 Å². The first-order chi connectivity index (χ1) is 8.45. The van der Waals surface area contributed by atoms with Gasteiger partial charge in [-0.25, -0.2) is 4.79 Å². The average Bonchev–Trinajstić information content (AvgIpc) is 3.05. The maximum Gasteiger partial charge on any atom is 0.328 e. The fraction of sp³-hybridized carbons (Fsp3) is 0.750. The highest BCUT2D eigenvalue weighted by atomic mass is 16.5. The van der Waals surface area contributed by atoms with Gasteiger partial charge in [-0.05, 0) is 19.3 Å². The Morgan fingerprint density at radius 3 is 2.50 bits per heavy atom. The molecule has 0 heterocycles. The normalized spacial score (nSPS) is 22.8. The highest BCUT2D eigenvalue weighted by Gasteiger charge is 2.38. The summed E-state index contributed by atoms with van der Waals surface area (Å²) < 4.78 is 4.48. The molecule has 18 heavy (non-hydrogen) atoms. The topological polar surface area (TPSA) is 84.5 Å². The van der Waals surface area contributed by atoms with E-state index < -0.39 is 12.0 Å². The van der Waals surface area contributed by atoms with E-state index in [1.54, 1.807) is 6.92 Å². The molecule has 0 radical (unpaired) electrons. The Morgan fingerprint density at radius 1 is 1.39 bits per heavy atom. The van der Waals surface area contributed by atoms with Gasteiger partial charge in [0.25, 0.3) is 0 Å². The molecule has 1 fully saturated rings. The molecule has 0 spiro atoms. The fourth-order valence-corrected chi connectivity index (χ4v) is 1.67. The Kier molecular flexibility index (Phi) is 5.12. The fourth-order valence-electron chi connectivity index (χ4n) is 1.67. The van der Waals surface area contributed by atoms with E-state index in [-0.39, 0.29) is 24.2 Å². The largest absolute Gasteiger partial charge is 0.467 e. The second kappa shape index (κ2) is 6.37. The third kappa shape index (κ3) is 4.35. The molecule has 0 aromatic carbocycles. The zero-order valence-electron chi connectivity index (χ0n) is 11.0. The van der Waals surface area contributed by atoms with E-state index in [1.807, 2.05) is 6.92 Å². The molecule has 102 valence electrons. The SMILES string of the molecule is COC(=O)[C@H](C)NC(=O)CCNC(=O)C1CC1C. The zero-order valence-corrected chi connectivity index (χ0v) is 11.0. The molecule has 2 unspecified atom stereocenters. The highest BCUT2D eigenvalue weighted by molar-refractivity contribution is 5.85. The minimum Gasteiger partial charge on any atom is -0.467 e. The summed E-state index contributed by atoms with van der Waals surface area (Å²) in [7, 11) is 1.27. The van der Waals surface area contributed by atoms with E-state index in [0.717, 1.165) is 6.42 Å². The van der Waals surface area contributed by atoms with Gasteiger partial charge >= 0.3 is 5.97 Å². The predicted octanol–water partition coefficient (Wildman–Crippen LogP) is -0.174. The number of rotatable bonds is 6. The lowest BCUT2D eigenvalue weighted by Gasteiger charge is -2.11. The Labute approximate surface area is 106 Å². The molecule has 0 bridgehead atoms. The van der Waals surface area contributed by atoms with Crippen molar-refractivity contribution in [3.8, 4) is 0 Å². The van der Waals surface area contributed by atoms with Gasteiger partial charge in [0.1, 0.15) is 6.04 Å². The molecule has 0 aliphatic heterocycles. The van der Waals surface area contributed by atoms with Crippen molar-refractivity contribution in [2.45, 2.75) is 32.7 Å². The van der Waals surface area contributed by atoms with Crippen LogP contribution in [0.4, 0.5) is 0 Å². The molecule has 2 amide bonds. The zero-order chi connectivity index (χ0) is 13.7. The van der Waals surface area contributed by atoms with Gasteiger partial charge < -0.3 is 15.4 Å². The van der Waals surface area contributed by atoms with Gasteiger partial charge in [0.2, 0.25) is 11.8 Å². The van der Waals surface area contributed by atoms with Gasteiger partial charge in [-0.15, -0.1) is 0 Å². The third-order valence-corrected chi connectivity index (χ3v) is 3.03. The minimum atomic E-state index is -0.665. The van der Waals surface area contributed by atoms with Gasteiger partial charge in [-0.1, -0.05) is 6.92 Å². The smallest absolute Gasteiger partial charge is 0.328 e. The van der Waals surface area contributed by atoms with Gasteiger partial charge in [-0.2, -0.15) is 0 Å². The van der Waals surface area contributed by atoms with E-state index in [2.05, 4.69) is 15.4 Å². The van der Waals surface area contributed by atoms with Crippen molar-refractivity contribution in [3.05, 3.63) is 0 Å². The molecule has 6 nitrogen and oxygen atoms in total.